The summed E-state index contributed by atoms with van der Waals surface area (Å²) >= 11 is 0. The Labute approximate surface area is 130 Å². The lowest BCUT2D eigenvalue weighted by Crippen LogP contribution is -2.36. The number of pyridine rings is 1. The summed E-state index contributed by atoms with van der Waals surface area (Å²) in [5.74, 6) is -0.554. The van der Waals surface area contributed by atoms with Gasteiger partial charge in [0.1, 0.15) is 5.69 Å². The van der Waals surface area contributed by atoms with Crippen molar-refractivity contribution in [3.05, 3.63) is 28.2 Å². The van der Waals surface area contributed by atoms with E-state index in [1.807, 2.05) is 0 Å². The van der Waals surface area contributed by atoms with E-state index < -0.39 is 0 Å². The predicted octanol–water partition coefficient (Wildman–Crippen LogP) is 1.61. The van der Waals surface area contributed by atoms with Gasteiger partial charge in [0.05, 0.1) is 5.56 Å². The van der Waals surface area contributed by atoms with Gasteiger partial charge in [-0.2, -0.15) is 0 Å². The minimum atomic E-state index is -0.316. The van der Waals surface area contributed by atoms with Crippen LogP contribution in [0.2, 0.25) is 0 Å². The molecule has 1 aromatic heterocycles. The number of hydrogen-bond donors (Lipinski definition) is 1. The molecule has 22 heavy (non-hydrogen) atoms. The summed E-state index contributed by atoms with van der Waals surface area (Å²) in [6.45, 7) is 5.00. The lowest BCUT2D eigenvalue weighted by atomic mass is 10.1. The van der Waals surface area contributed by atoms with Crippen LogP contribution < -0.4 is 10.9 Å². The number of amides is 2. The van der Waals surface area contributed by atoms with Crippen molar-refractivity contribution < 1.29 is 9.59 Å². The van der Waals surface area contributed by atoms with E-state index in [-0.39, 0.29) is 29.0 Å². The maximum Gasteiger partial charge on any atom is 0.274 e. The van der Waals surface area contributed by atoms with E-state index in [2.05, 4.69) is 5.32 Å². The molecule has 0 unspecified atom stereocenters. The highest BCUT2D eigenvalue weighted by Gasteiger charge is 2.20. The molecule has 6 nitrogen and oxygen atoms in total. The summed E-state index contributed by atoms with van der Waals surface area (Å²) in [6, 6.07) is 1.49. The first-order valence-electron chi connectivity index (χ1n) is 7.71. The van der Waals surface area contributed by atoms with Crippen LogP contribution in [-0.4, -0.2) is 34.4 Å². The Morgan fingerprint density at radius 2 is 1.82 bits per heavy atom. The normalized spacial score (nSPS) is 15.0. The quantitative estimate of drug-likeness (QED) is 0.922. The number of hydrogen-bond acceptors (Lipinski definition) is 3. The van der Waals surface area contributed by atoms with Gasteiger partial charge in [0.15, 0.2) is 0 Å². The number of rotatable bonds is 3. The van der Waals surface area contributed by atoms with Gasteiger partial charge >= 0.3 is 0 Å². The fourth-order valence-electron chi connectivity index (χ4n) is 2.47. The van der Waals surface area contributed by atoms with Crippen LogP contribution in [0.25, 0.3) is 0 Å². The molecule has 1 fully saturated rings. The minimum absolute atomic E-state index is 0.0876. The first-order chi connectivity index (χ1) is 10.4. The third-order valence-corrected chi connectivity index (χ3v) is 3.86. The Bertz CT molecular complexity index is 628. The average Bonchev–Trinajstić information content (AvgIpc) is 2.51. The zero-order chi connectivity index (χ0) is 16.3. The van der Waals surface area contributed by atoms with E-state index in [0.717, 1.165) is 32.4 Å². The van der Waals surface area contributed by atoms with Crippen LogP contribution in [0.3, 0.4) is 0 Å². The SMILES string of the molecule is CC(C)C(=O)Nc1cc(C(=O)N2CCCCC2)cn(C)c1=O. The van der Waals surface area contributed by atoms with Gasteiger partial charge in [0, 0.05) is 32.3 Å². The molecule has 1 N–H and O–H groups in total. The summed E-state index contributed by atoms with van der Waals surface area (Å²) in [5, 5.41) is 2.61. The molecule has 0 atom stereocenters. The number of carbonyl (C=O) groups is 2. The maximum absolute atomic E-state index is 12.5. The van der Waals surface area contributed by atoms with Crippen molar-refractivity contribution in [3.63, 3.8) is 0 Å². The molecular weight excluding hydrogens is 282 g/mol. The van der Waals surface area contributed by atoms with Crippen LogP contribution in [0.1, 0.15) is 43.5 Å². The van der Waals surface area contributed by atoms with Crippen molar-refractivity contribution in [1.29, 1.82) is 0 Å². The third kappa shape index (κ3) is 3.55. The average molecular weight is 305 g/mol. The Morgan fingerprint density at radius 3 is 2.41 bits per heavy atom. The molecule has 0 spiro atoms. The van der Waals surface area contributed by atoms with Crippen molar-refractivity contribution in [1.82, 2.24) is 9.47 Å². The summed E-state index contributed by atoms with van der Waals surface area (Å²) in [7, 11) is 1.58. The monoisotopic (exact) mass is 305 g/mol. The van der Waals surface area contributed by atoms with E-state index in [1.54, 1.807) is 25.8 Å². The van der Waals surface area contributed by atoms with E-state index in [9.17, 15) is 14.4 Å². The lowest BCUT2D eigenvalue weighted by molar-refractivity contribution is -0.118. The second-order valence-electron chi connectivity index (χ2n) is 6.06. The van der Waals surface area contributed by atoms with Crippen molar-refractivity contribution in [3.8, 4) is 0 Å². The molecule has 1 aliphatic rings. The van der Waals surface area contributed by atoms with Gasteiger partial charge in [-0.1, -0.05) is 13.8 Å². The molecule has 0 aliphatic carbocycles. The fourth-order valence-corrected chi connectivity index (χ4v) is 2.47. The zero-order valence-electron chi connectivity index (χ0n) is 13.4. The second-order valence-corrected chi connectivity index (χ2v) is 6.06. The Kier molecular flexibility index (Phi) is 5.00. The molecule has 1 saturated heterocycles. The highest BCUT2D eigenvalue weighted by molar-refractivity contribution is 5.97. The van der Waals surface area contributed by atoms with Crippen LogP contribution in [0, 0.1) is 5.92 Å². The third-order valence-electron chi connectivity index (χ3n) is 3.86. The van der Waals surface area contributed by atoms with Gasteiger partial charge in [-0.05, 0) is 25.3 Å². The zero-order valence-corrected chi connectivity index (χ0v) is 13.4. The van der Waals surface area contributed by atoms with Crippen molar-refractivity contribution in [2.24, 2.45) is 13.0 Å². The van der Waals surface area contributed by atoms with Gasteiger partial charge in [-0.15, -0.1) is 0 Å². The minimum Gasteiger partial charge on any atom is -0.339 e. The molecular formula is C16H23N3O3. The molecule has 0 aromatic carbocycles. The molecule has 0 saturated carbocycles. The molecule has 1 aliphatic heterocycles. The van der Waals surface area contributed by atoms with E-state index in [1.165, 1.54) is 16.8 Å². The number of carbonyl (C=O) groups excluding carboxylic acids is 2. The van der Waals surface area contributed by atoms with Crippen molar-refractivity contribution in [2.75, 3.05) is 18.4 Å². The molecule has 0 bridgehead atoms. The number of aromatic nitrogens is 1. The molecule has 0 radical (unpaired) electrons. The van der Waals surface area contributed by atoms with Crippen molar-refractivity contribution in [2.45, 2.75) is 33.1 Å². The van der Waals surface area contributed by atoms with E-state index >= 15 is 0 Å². The standard InChI is InChI=1S/C16H23N3O3/c1-11(2)14(20)17-13-9-12(10-18(3)16(13)22)15(21)19-7-5-4-6-8-19/h9-11H,4-8H2,1-3H3,(H,17,20). The molecule has 2 heterocycles. The van der Waals surface area contributed by atoms with E-state index in [0.29, 0.717) is 5.56 Å². The number of aryl methyl sites for hydroxylation is 1. The fraction of sp³-hybridized carbons (Fsp3) is 0.562. The van der Waals surface area contributed by atoms with Crippen LogP contribution in [0.15, 0.2) is 17.1 Å². The number of nitrogens with one attached hydrogen (secondary N) is 1. The van der Waals surface area contributed by atoms with Gasteiger partial charge in [0.25, 0.3) is 11.5 Å². The van der Waals surface area contributed by atoms with Gasteiger partial charge < -0.3 is 14.8 Å². The summed E-state index contributed by atoms with van der Waals surface area (Å²) in [4.78, 5) is 38.2. The topological polar surface area (TPSA) is 71.4 Å². The van der Waals surface area contributed by atoms with Crippen molar-refractivity contribution >= 4 is 17.5 Å². The molecule has 1 aromatic rings. The Balaban J connectivity index is 2.29. The highest BCUT2D eigenvalue weighted by atomic mass is 16.2. The number of piperidine rings is 1. The molecule has 2 rings (SSSR count). The maximum atomic E-state index is 12.5. The first kappa shape index (κ1) is 16.3. The Hall–Kier alpha value is -2.11. The van der Waals surface area contributed by atoms with Gasteiger partial charge in [-0.25, -0.2) is 0 Å². The summed E-state index contributed by atoms with van der Waals surface area (Å²) < 4.78 is 1.34. The Morgan fingerprint density at radius 1 is 1.18 bits per heavy atom. The summed E-state index contributed by atoms with van der Waals surface area (Å²) in [6.07, 6.45) is 4.69. The molecule has 6 heteroatoms. The number of nitrogens with zero attached hydrogens (tertiary/aromatic N) is 2. The van der Waals surface area contributed by atoms with Crippen LogP contribution >= 0.6 is 0 Å². The largest absolute Gasteiger partial charge is 0.339 e. The van der Waals surface area contributed by atoms with Crippen LogP contribution in [-0.2, 0) is 11.8 Å². The van der Waals surface area contributed by atoms with Crippen LogP contribution in [0.4, 0.5) is 5.69 Å². The molecule has 2 amide bonds. The lowest BCUT2D eigenvalue weighted by Gasteiger charge is -2.27. The van der Waals surface area contributed by atoms with E-state index in [4.69, 9.17) is 0 Å². The first-order valence-corrected chi connectivity index (χ1v) is 7.71. The second kappa shape index (κ2) is 6.77. The highest BCUT2D eigenvalue weighted by Crippen LogP contribution is 2.14. The number of anilines is 1. The number of likely N-dealkylation sites (tertiary alicyclic amines) is 1. The van der Waals surface area contributed by atoms with Gasteiger partial charge in [0.2, 0.25) is 5.91 Å². The van der Waals surface area contributed by atoms with Gasteiger partial charge in [-0.3, -0.25) is 14.4 Å². The predicted molar refractivity (Wildman–Crippen MR) is 84.9 cm³/mol. The smallest absolute Gasteiger partial charge is 0.274 e. The molecule has 120 valence electrons. The summed E-state index contributed by atoms with van der Waals surface area (Å²) in [5.41, 5.74) is 0.274. The van der Waals surface area contributed by atoms with Crippen LogP contribution in [0.5, 0.6) is 0 Å².